The highest BCUT2D eigenvalue weighted by Gasteiger charge is 2.16. The molecule has 1 aliphatic carbocycles. The van der Waals surface area contributed by atoms with Crippen LogP contribution in [-0.4, -0.2) is 25.0 Å². The van der Waals surface area contributed by atoms with Crippen LogP contribution in [0.15, 0.2) is 29.3 Å². The van der Waals surface area contributed by atoms with Gasteiger partial charge in [-0.3, -0.25) is 4.79 Å². The van der Waals surface area contributed by atoms with Crippen molar-refractivity contribution in [1.82, 2.24) is 5.32 Å². The summed E-state index contributed by atoms with van der Waals surface area (Å²) in [6, 6.07) is 5.71. The van der Waals surface area contributed by atoms with Crippen LogP contribution in [0.2, 0.25) is 0 Å². The standard InChI is InChI=1S/C14H19FN4O/c15-11-5-2-6-12(7-11)19-13(20)9-18-14(16)17-8-10-3-1-4-10/h2,5-7,10H,1,3-4,8-9H2,(H,19,20)(H3,16,17,18). The molecule has 1 aliphatic rings. The van der Waals surface area contributed by atoms with Gasteiger partial charge in [0, 0.05) is 12.2 Å². The zero-order valence-corrected chi connectivity index (χ0v) is 11.2. The molecular formula is C14H19FN4O. The van der Waals surface area contributed by atoms with Crippen LogP contribution in [0.5, 0.6) is 0 Å². The van der Waals surface area contributed by atoms with Crippen LogP contribution in [-0.2, 0) is 4.79 Å². The normalized spacial score (nSPS) is 15.6. The first-order valence-electron chi connectivity index (χ1n) is 6.72. The smallest absolute Gasteiger partial charge is 0.246 e. The maximum Gasteiger partial charge on any atom is 0.246 e. The number of halogens is 1. The van der Waals surface area contributed by atoms with Crippen LogP contribution >= 0.6 is 0 Å². The third-order valence-electron chi connectivity index (χ3n) is 3.30. The molecular weight excluding hydrogens is 259 g/mol. The molecule has 0 unspecified atom stereocenters. The fourth-order valence-corrected chi connectivity index (χ4v) is 1.93. The fourth-order valence-electron chi connectivity index (χ4n) is 1.93. The molecule has 1 aromatic carbocycles. The lowest BCUT2D eigenvalue weighted by molar-refractivity contribution is -0.114. The molecule has 0 aromatic heterocycles. The van der Waals surface area contributed by atoms with Crippen molar-refractivity contribution < 1.29 is 9.18 Å². The van der Waals surface area contributed by atoms with E-state index in [1.807, 2.05) is 0 Å². The lowest BCUT2D eigenvalue weighted by Gasteiger charge is -2.25. The van der Waals surface area contributed by atoms with Crippen LogP contribution in [0.4, 0.5) is 10.1 Å². The molecule has 1 saturated carbocycles. The SMILES string of the molecule is NC(=NCC(=O)Nc1cccc(F)c1)NCC1CCC1. The third-order valence-corrected chi connectivity index (χ3v) is 3.30. The maximum atomic E-state index is 12.9. The van der Waals surface area contributed by atoms with Crippen molar-refractivity contribution in [3.8, 4) is 0 Å². The molecule has 5 nitrogen and oxygen atoms in total. The summed E-state index contributed by atoms with van der Waals surface area (Å²) in [4.78, 5) is 15.6. The van der Waals surface area contributed by atoms with Gasteiger partial charge >= 0.3 is 0 Å². The number of aliphatic imine (C=N–C) groups is 1. The zero-order chi connectivity index (χ0) is 14.4. The third kappa shape index (κ3) is 4.53. The molecule has 0 atom stereocenters. The molecule has 1 fully saturated rings. The highest BCUT2D eigenvalue weighted by Crippen LogP contribution is 2.24. The molecule has 0 spiro atoms. The van der Waals surface area contributed by atoms with Crippen LogP contribution < -0.4 is 16.4 Å². The lowest BCUT2D eigenvalue weighted by Crippen LogP contribution is -2.37. The lowest BCUT2D eigenvalue weighted by atomic mass is 9.85. The van der Waals surface area contributed by atoms with Crippen LogP contribution in [0.25, 0.3) is 0 Å². The van der Waals surface area contributed by atoms with E-state index in [0.29, 0.717) is 11.6 Å². The van der Waals surface area contributed by atoms with Gasteiger partial charge in [0.2, 0.25) is 5.91 Å². The van der Waals surface area contributed by atoms with E-state index in [2.05, 4.69) is 15.6 Å². The molecule has 0 heterocycles. The highest BCUT2D eigenvalue weighted by atomic mass is 19.1. The Morgan fingerprint density at radius 3 is 2.90 bits per heavy atom. The summed E-state index contributed by atoms with van der Waals surface area (Å²) in [5.41, 5.74) is 6.07. The van der Waals surface area contributed by atoms with Gasteiger partial charge in [-0.05, 0) is 37.0 Å². The van der Waals surface area contributed by atoms with Crippen molar-refractivity contribution in [3.63, 3.8) is 0 Å². The maximum absolute atomic E-state index is 12.9. The van der Waals surface area contributed by atoms with E-state index in [4.69, 9.17) is 5.73 Å². The average molecular weight is 278 g/mol. The predicted molar refractivity (Wildman–Crippen MR) is 76.9 cm³/mol. The predicted octanol–water partition coefficient (Wildman–Crippen LogP) is 1.47. The van der Waals surface area contributed by atoms with Crippen LogP contribution in [0.1, 0.15) is 19.3 Å². The number of hydrogen-bond acceptors (Lipinski definition) is 2. The van der Waals surface area contributed by atoms with E-state index < -0.39 is 5.82 Å². The topological polar surface area (TPSA) is 79.5 Å². The molecule has 6 heteroatoms. The molecule has 4 N–H and O–H groups in total. The first kappa shape index (κ1) is 14.3. The Morgan fingerprint density at radius 1 is 1.45 bits per heavy atom. The molecule has 1 aromatic rings. The van der Waals surface area contributed by atoms with E-state index in [1.54, 1.807) is 6.07 Å². The number of carbonyl (C=O) groups is 1. The van der Waals surface area contributed by atoms with E-state index >= 15 is 0 Å². The Kier molecular flexibility index (Phi) is 4.92. The quantitative estimate of drug-likeness (QED) is 0.563. The van der Waals surface area contributed by atoms with Gasteiger partial charge < -0.3 is 16.4 Å². The number of anilines is 1. The molecule has 2 rings (SSSR count). The van der Waals surface area contributed by atoms with Crippen LogP contribution in [0, 0.1) is 11.7 Å². The second-order valence-corrected chi connectivity index (χ2v) is 4.94. The largest absolute Gasteiger partial charge is 0.370 e. The second-order valence-electron chi connectivity index (χ2n) is 4.94. The van der Waals surface area contributed by atoms with Gasteiger partial charge in [-0.1, -0.05) is 12.5 Å². The van der Waals surface area contributed by atoms with Crippen molar-refractivity contribution >= 4 is 17.6 Å². The number of nitrogens with two attached hydrogens (primary N) is 1. The fraction of sp³-hybridized carbons (Fsp3) is 0.429. The minimum atomic E-state index is -0.395. The minimum absolute atomic E-state index is 0.0833. The van der Waals surface area contributed by atoms with Crippen molar-refractivity contribution in [2.24, 2.45) is 16.6 Å². The molecule has 0 bridgehead atoms. The van der Waals surface area contributed by atoms with Crippen molar-refractivity contribution in [1.29, 1.82) is 0 Å². The van der Waals surface area contributed by atoms with Gasteiger partial charge in [0.05, 0.1) is 0 Å². The summed E-state index contributed by atoms with van der Waals surface area (Å²) in [6.07, 6.45) is 3.72. The molecule has 108 valence electrons. The molecule has 20 heavy (non-hydrogen) atoms. The van der Waals surface area contributed by atoms with E-state index in [1.165, 1.54) is 37.5 Å². The van der Waals surface area contributed by atoms with Crippen molar-refractivity contribution in [3.05, 3.63) is 30.1 Å². The van der Waals surface area contributed by atoms with Gasteiger partial charge in [0.1, 0.15) is 12.4 Å². The average Bonchev–Trinajstić information content (AvgIpc) is 2.34. The molecule has 0 saturated heterocycles. The Labute approximate surface area is 117 Å². The summed E-state index contributed by atoms with van der Waals surface area (Å²) < 4.78 is 12.9. The van der Waals surface area contributed by atoms with Crippen LogP contribution in [0.3, 0.4) is 0 Å². The zero-order valence-electron chi connectivity index (χ0n) is 11.2. The monoisotopic (exact) mass is 278 g/mol. The first-order valence-corrected chi connectivity index (χ1v) is 6.72. The van der Waals surface area contributed by atoms with Gasteiger partial charge in [-0.15, -0.1) is 0 Å². The van der Waals surface area contributed by atoms with Crippen molar-refractivity contribution in [2.75, 3.05) is 18.4 Å². The number of guanidine groups is 1. The molecule has 0 radical (unpaired) electrons. The first-order chi connectivity index (χ1) is 9.63. The van der Waals surface area contributed by atoms with Gasteiger partial charge in [0.25, 0.3) is 0 Å². The highest BCUT2D eigenvalue weighted by molar-refractivity contribution is 5.93. The summed E-state index contributed by atoms with van der Waals surface area (Å²) in [5, 5.41) is 5.56. The van der Waals surface area contributed by atoms with Gasteiger partial charge in [-0.2, -0.15) is 0 Å². The number of carbonyl (C=O) groups excluding carboxylic acids is 1. The summed E-state index contributed by atoms with van der Waals surface area (Å²) in [6.45, 7) is 0.723. The Hall–Kier alpha value is -2.11. The Balaban J connectivity index is 1.73. The Morgan fingerprint density at radius 2 is 2.25 bits per heavy atom. The van der Waals surface area contributed by atoms with Gasteiger partial charge in [-0.25, -0.2) is 9.38 Å². The number of hydrogen-bond donors (Lipinski definition) is 3. The number of rotatable bonds is 5. The van der Waals surface area contributed by atoms with E-state index in [-0.39, 0.29) is 18.4 Å². The minimum Gasteiger partial charge on any atom is -0.370 e. The Bertz CT molecular complexity index is 500. The summed E-state index contributed by atoms with van der Waals surface area (Å²) in [7, 11) is 0. The summed E-state index contributed by atoms with van der Waals surface area (Å²) in [5.74, 6) is 0.216. The number of nitrogens with zero attached hydrogens (tertiary/aromatic N) is 1. The molecule has 1 amide bonds. The number of nitrogens with one attached hydrogen (secondary N) is 2. The number of benzene rings is 1. The van der Waals surface area contributed by atoms with Gasteiger partial charge in [0.15, 0.2) is 5.96 Å². The van der Waals surface area contributed by atoms with E-state index in [9.17, 15) is 9.18 Å². The number of amides is 1. The van der Waals surface area contributed by atoms with E-state index in [0.717, 1.165) is 6.54 Å². The molecule has 0 aliphatic heterocycles. The summed E-state index contributed by atoms with van der Waals surface area (Å²) >= 11 is 0. The van der Waals surface area contributed by atoms with Crippen molar-refractivity contribution in [2.45, 2.75) is 19.3 Å². The second kappa shape index (κ2) is 6.88.